The highest BCUT2D eigenvalue weighted by Crippen LogP contribution is 2.21. The average molecular weight is 322 g/mol. The molecule has 1 N–H and O–H groups in total. The van der Waals surface area contributed by atoms with Crippen LogP contribution in [0.15, 0.2) is 36.5 Å². The van der Waals surface area contributed by atoms with Crippen molar-refractivity contribution in [3.63, 3.8) is 0 Å². The van der Waals surface area contributed by atoms with Gasteiger partial charge in [-0.1, -0.05) is 0 Å². The highest BCUT2D eigenvalue weighted by Gasteiger charge is 2.20. The number of nitrogens with one attached hydrogen (secondary N) is 1. The molecule has 2 aromatic heterocycles. The number of benzene rings is 1. The first-order valence-corrected chi connectivity index (χ1v) is 7.74. The van der Waals surface area contributed by atoms with Gasteiger partial charge in [0.05, 0.1) is 16.6 Å². The summed E-state index contributed by atoms with van der Waals surface area (Å²) in [6.45, 7) is 3.21. The summed E-state index contributed by atoms with van der Waals surface area (Å²) < 4.78 is 13.3. The fourth-order valence-corrected chi connectivity index (χ4v) is 2.90. The smallest absolute Gasteiger partial charge is 0.203 e. The van der Waals surface area contributed by atoms with Crippen LogP contribution in [-0.4, -0.2) is 41.1 Å². The Morgan fingerprint density at radius 1 is 1.08 bits per heavy atom. The first-order valence-electron chi connectivity index (χ1n) is 7.74. The fourth-order valence-electron chi connectivity index (χ4n) is 2.90. The second kappa shape index (κ2) is 5.81. The number of imidazole rings is 1. The number of fused-ring (bicyclic) bond motifs is 1. The van der Waals surface area contributed by atoms with Gasteiger partial charge in [-0.15, -0.1) is 0 Å². The van der Waals surface area contributed by atoms with E-state index in [4.69, 9.17) is 5.26 Å². The van der Waals surface area contributed by atoms with Crippen molar-refractivity contribution < 1.29 is 4.39 Å². The number of hydrogen-bond acceptors (Lipinski definition) is 5. The Kier molecular flexibility index (Phi) is 3.50. The molecular weight excluding hydrogens is 307 g/mol. The van der Waals surface area contributed by atoms with E-state index in [0.29, 0.717) is 11.1 Å². The van der Waals surface area contributed by atoms with E-state index in [1.807, 2.05) is 6.07 Å². The number of anilines is 2. The number of halogens is 1. The maximum atomic E-state index is 13.3. The molecule has 0 bridgehead atoms. The normalized spacial score (nSPS) is 14.8. The Morgan fingerprint density at radius 2 is 1.88 bits per heavy atom. The largest absolute Gasteiger partial charge is 0.353 e. The van der Waals surface area contributed by atoms with Crippen molar-refractivity contribution in [1.29, 1.82) is 5.26 Å². The minimum Gasteiger partial charge on any atom is -0.353 e. The lowest BCUT2D eigenvalue weighted by molar-refractivity contribution is 0.629. The van der Waals surface area contributed by atoms with Gasteiger partial charge in [-0.05, 0) is 30.3 Å². The molecule has 0 radical (unpaired) electrons. The topological polar surface area (TPSA) is 71.8 Å². The Morgan fingerprint density at radius 3 is 2.58 bits per heavy atom. The Bertz CT molecular complexity index is 903. The molecule has 0 atom stereocenters. The van der Waals surface area contributed by atoms with Crippen LogP contribution in [0.3, 0.4) is 0 Å². The number of aromatic nitrogens is 3. The number of hydrogen-bond donors (Lipinski definition) is 1. The second-order valence-corrected chi connectivity index (χ2v) is 5.71. The second-order valence-electron chi connectivity index (χ2n) is 5.71. The molecule has 3 heterocycles. The van der Waals surface area contributed by atoms with E-state index in [-0.39, 0.29) is 5.82 Å². The van der Waals surface area contributed by atoms with Gasteiger partial charge in [0.2, 0.25) is 5.95 Å². The van der Waals surface area contributed by atoms with E-state index in [0.717, 1.165) is 43.5 Å². The summed E-state index contributed by atoms with van der Waals surface area (Å²) in [5, 5.41) is 8.83. The third-order valence-electron chi connectivity index (χ3n) is 4.21. The lowest BCUT2D eigenvalue weighted by Crippen LogP contribution is -2.47. The minimum atomic E-state index is -0.269. The maximum absolute atomic E-state index is 13.3. The third kappa shape index (κ3) is 2.63. The maximum Gasteiger partial charge on any atom is 0.203 e. The van der Waals surface area contributed by atoms with Crippen molar-refractivity contribution in [1.82, 2.24) is 15.0 Å². The molecule has 7 heteroatoms. The number of rotatable bonds is 2. The van der Waals surface area contributed by atoms with Crippen molar-refractivity contribution in [2.75, 3.05) is 36.0 Å². The van der Waals surface area contributed by atoms with Crippen LogP contribution in [0.5, 0.6) is 0 Å². The van der Waals surface area contributed by atoms with Crippen LogP contribution in [0, 0.1) is 17.1 Å². The van der Waals surface area contributed by atoms with E-state index in [9.17, 15) is 4.39 Å². The SMILES string of the molecule is N#Cc1ccc(N2CCN(c3nc4ccc(F)cc4[nH]3)CC2)nc1. The van der Waals surface area contributed by atoms with E-state index in [1.54, 1.807) is 18.3 Å². The number of aromatic amines is 1. The average Bonchev–Trinajstić information content (AvgIpc) is 3.05. The number of H-pyrrole nitrogens is 1. The molecule has 120 valence electrons. The van der Waals surface area contributed by atoms with Gasteiger partial charge >= 0.3 is 0 Å². The van der Waals surface area contributed by atoms with Crippen LogP contribution >= 0.6 is 0 Å². The van der Waals surface area contributed by atoms with Gasteiger partial charge in [0.25, 0.3) is 0 Å². The summed E-state index contributed by atoms with van der Waals surface area (Å²) in [4.78, 5) is 16.4. The molecular formula is C17H15FN6. The molecule has 4 rings (SSSR count). The Balaban J connectivity index is 1.47. The monoisotopic (exact) mass is 322 g/mol. The lowest BCUT2D eigenvalue weighted by Gasteiger charge is -2.35. The molecule has 0 spiro atoms. The molecule has 3 aromatic rings. The zero-order valence-corrected chi connectivity index (χ0v) is 12.9. The summed E-state index contributed by atoms with van der Waals surface area (Å²) in [7, 11) is 0. The highest BCUT2D eigenvalue weighted by molar-refractivity contribution is 5.77. The number of nitrogens with zero attached hydrogens (tertiary/aromatic N) is 5. The summed E-state index contributed by atoms with van der Waals surface area (Å²) in [6.07, 6.45) is 1.59. The fraction of sp³-hybridized carbons (Fsp3) is 0.235. The van der Waals surface area contributed by atoms with Crippen LogP contribution in [0.1, 0.15) is 5.56 Å². The van der Waals surface area contributed by atoms with Gasteiger partial charge in [-0.25, -0.2) is 14.4 Å². The predicted molar refractivity (Wildman–Crippen MR) is 89.4 cm³/mol. The van der Waals surface area contributed by atoms with Crippen LogP contribution in [0.4, 0.5) is 16.2 Å². The molecule has 0 saturated carbocycles. The van der Waals surface area contributed by atoms with Gasteiger partial charge in [-0.3, -0.25) is 0 Å². The van der Waals surface area contributed by atoms with Gasteiger partial charge in [-0.2, -0.15) is 5.26 Å². The van der Waals surface area contributed by atoms with Crippen LogP contribution in [0.25, 0.3) is 11.0 Å². The summed E-state index contributed by atoms with van der Waals surface area (Å²) in [6, 6.07) is 10.3. The molecule has 1 saturated heterocycles. The lowest BCUT2D eigenvalue weighted by atomic mass is 10.3. The first-order chi connectivity index (χ1) is 11.7. The molecule has 0 aliphatic carbocycles. The standard InChI is InChI=1S/C17H15FN6/c18-13-2-3-14-15(9-13)22-17(21-14)24-7-5-23(6-8-24)16-4-1-12(10-19)11-20-16/h1-4,9,11H,5-8H2,(H,21,22). The zero-order valence-electron chi connectivity index (χ0n) is 12.9. The molecule has 1 aliphatic rings. The van der Waals surface area contributed by atoms with E-state index < -0.39 is 0 Å². The van der Waals surface area contributed by atoms with Crippen molar-refractivity contribution in [2.24, 2.45) is 0 Å². The first kappa shape index (κ1) is 14.5. The molecule has 6 nitrogen and oxygen atoms in total. The Labute approximate surface area is 138 Å². The van der Waals surface area contributed by atoms with Crippen molar-refractivity contribution in [3.05, 3.63) is 47.9 Å². The molecule has 24 heavy (non-hydrogen) atoms. The predicted octanol–water partition coefficient (Wildman–Crippen LogP) is 2.30. The van der Waals surface area contributed by atoms with Crippen molar-refractivity contribution >= 4 is 22.8 Å². The third-order valence-corrected chi connectivity index (χ3v) is 4.21. The van der Waals surface area contributed by atoms with Gasteiger partial charge < -0.3 is 14.8 Å². The minimum absolute atomic E-state index is 0.269. The van der Waals surface area contributed by atoms with E-state index in [2.05, 4.69) is 30.8 Å². The van der Waals surface area contributed by atoms with Crippen molar-refractivity contribution in [2.45, 2.75) is 0 Å². The molecule has 1 fully saturated rings. The van der Waals surface area contributed by atoms with Crippen LogP contribution in [0.2, 0.25) is 0 Å². The van der Waals surface area contributed by atoms with Gasteiger partial charge in [0.15, 0.2) is 0 Å². The number of nitriles is 1. The zero-order chi connectivity index (χ0) is 16.5. The number of pyridine rings is 1. The van der Waals surface area contributed by atoms with Crippen LogP contribution < -0.4 is 9.80 Å². The van der Waals surface area contributed by atoms with Gasteiger partial charge in [0.1, 0.15) is 17.7 Å². The summed E-state index contributed by atoms with van der Waals surface area (Å²) >= 11 is 0. The quantitative estimate of drug-likeness (QED) is 0.784. The molecule has 1 aromatic carbocycles. The Hall–Kier alpha value is -3.14. The molecule has 0 amide bonds. The van der Waals surface area contributed by atoms with Gasteiger partial charge in [0, 0.05) is 32.4 Å². The van der Waals surface area contributed by atoms with E-state index in [1.165, 1.54) is 12.1 Å². The van der Waals surface area contributed by atoms with E-state index >= 15 is 0 Å². The summed E-state index contributed by atoms with van der Waals surface area (Å²) in [5.74, 6) is 1.37. The molecule has 0 unspecified atom stereocenters. The van der Waals surface area contributed by atoms with Crippen LogP contribution in [-0.2, 0) is 0 Å². The summed E-state index contributed by atoms with van der Waals surface area (Å²) in [5.41, 5.74) is 2.04. The molecule has 1 aliphatic heterocycles. The highest BCUT2D eigenvalue weighted by atomic mass is 19.1. The number of piperazine rings is 1. The van der Waals surface area contributed by atoms with Crippen molar-refractivity contribution in [3.8, 4) is 6.07 Å².